The summed E-state index contributed by atoms with van der Waals surface area (Å²) in [6.07, 6.45) is 0. The van der Waals surface area contributed by atoms with E-state index in [1.165, 1.54) is 0 Å². The molecule has 6 heteroatoms. The normalized spacial score (nSPS) is 12.0. The van der Waals surface area contributed by atoms with Crippen LogP contribution in [0.5, 0.6) is 5.75 Å². The van der Waals surface area contributed by atoms with E-state index in [-0.39, 0.29) is 36.4 Å². The number of rotatable bonds is 6. The molecule has 0 radical (unpaired) electrons. The predicted octanol–water partition coefficient (Wildman–Crippen LogP) is 4.03. The molecule has 4 nitrogen and oxygen atoms in total. The van der Waals surface area contributed by atoms with Gasteiger partial charge >= 0.3 is 0 Å². The lowest BCUT2D eigenvalue weighted by Gasteiger charge is -2.22. The van der Waals surface area contributed by atoms with Gasteiger partial charge in [-0.05, 0) is 19.2 Å². The van der Waals surface area contributed by atoms with E-state index < -0.39 is 0 Å². The summed E-state index contributed by atoms with van der Waals surface area (Å²) in [6.45, 7) is 7.39. The van der Waals surface area contributed by atoms with Crippen molar-refractivity contribution in [1.82, 2.24) is 4.90 Å². The molecule has 0 N–H and O–H groups in total. The van der Waals surface area contributed by atoms with Crippen molar-refractivity contribution < 1.29 is 14.3 Å². The molecule has 0 fully saturated rings. The molecular weight excluding hydrogens is 373 g/mol. The summed E-state index contributed by atoms with van der Waals surface area (Å²) >= 11 is 0. The van der Waals surface area contributed by atoms with Crippen LogP contribution in [0.2, 0.25) is 0 Å². The van der Waals surface area contributed by atoms with Gasteiger partial charge in [0.05, 0.1) is 5.56 Å². The monoisotopic (exact) mass is 395 g/mol. The Hall–Kier alpha value is -1.88. The van der Waals surface area contributed by atoms with E-state index in [1.807, 2.05) is 0 Å². The van der Waals surface area contributed by atoms with Gasteiger partial charge in [0.25, 0.3) is 0 Å². The third kappa shape index (κ3) is 4.09. The maximum absolute atomic E-state index is 12.8. The number of ether oxygens (including phenoxy) is 1. The summed E-state index contributed by atoms with van der Waals surface area (Å²) in [5.41, 5.74) is 1.74. The maximum Gasteiger partial charge on any atom is 0.198 e. The molecule has 140 valence electrons. The second-order valence-electron chi connectivity index (χ2n) is 5.76. The first kappa shape index (κ1) is 22.2. The van der Waals surface area contributed by atoms with Crippen molar-refractivity contribution in [1.29, 1.82) is 0 Å². The van der Waals surface area contributed by atoms with E-state index in [9.17, 15) is 9.59 Å². The fourth-order valence-corrected chi connectivity index (χ4v) is 3.06. The highest BCUT2D eigenvalue weighted by Crippen LogP contribution is 2.33. The number of carbonyl (C=O) groups excluding carboxylic acids is 2. The van der Waals surface area contributed by atoms with Crippen LogP contribution in [0.25, 0.3) is 0 Å². The quantitative estimate of drug-likeness (QED) is 0.631. The molecule has 2 aromatic rings. The maximum atomic E-state index is 12.8. The minimum absolute atomic E-state index is 0. The highest BCUT2D eigenvalue weighted by atomic mass is 35.5. The zero-order chi connectivity index (χ0) is 17.1. The molecule has 1 aliphatic rings. The molecule has 0 heterocycles. The molecule has 1 aliphatic carbocycles. The molecule has 0 saturated heterocycles. The van der Waals surface area contributed by atoms with Gasteiger partial charge in [-0.1, -0.05) is 50.2 Å². The number of hydrogen-bond donors (Lipinski definition) is 0. The van der Waals surface area contributed by atoms with Crippen molar-refractivity contribution >= 4 is 36.4 Å². The second kappa shape index (κ2) is 9.72. The molecule has 0 atom stereocenters. The van der Waals surface area contributed by atoms with E-state index in [0.29, 0.717) is 34.6 Å². The Morgan fingerprint density at radius 2 is 1.38 bits per heavy atom. The first-order chi connectivity index (χ1) is 11.7. The van der Waals surface area contributed by atoms with E-state index in [4.69, 9.17) is 4.74 Å². The van der Waals surface area contributed by atoms with Crippen LogP contribution in [0.1, 0.15) is 45.7 Å². The Bertz CT molecular complexity index is 788. The average molecular weight is 396 g/mol. The molecular formula is C20H23Cl2NO3. The van der Waals surface area contributed by atoms with Gasteiger partial charge in [0.1, 0.15) is 12.4 Å². The van der Waals surface area contributed by atoms with Gasteiger partial charge in [-0.3, -0.25) is 9.59 Å². The Labute approximate surface area is 166 Å². The zero-order valence-corrected chi connectivity index (χ0v) is 16.5. The van der Waals surface area contributed by atoms with Gasteiger partial charge in [-0.25, -0.2) is 0 Å². The lowest BCUT2D eigenvalue weighted by Crippen LogP contribution is -2.28. The first-order valence-electron chi connectivity index (χ1n) is 8.34. The SMILES string of the molecule is CCN(CC)CCOc1cccc2c1C(=O)c1ccccc1C2=O.Cl.Cl. The third-order valence-electron chi connectivity index (χ3n) is 4.47. The first-order valence-corrected chi connectivity index (χ1v) is 8.34. The van der Waals surface area contributed by atoms with Crippen LogP contribution in [0.3, 0.4) is 0 Å². The highest BCUT2D eigenvalue weighted by Gasteiger charge is 2.31. The molecule has 0 aromatic heterocycles. The summed E-state index contributed by atoms with van der Waals surface area (Å²) in [6, 6.07) is 12.2. The number of fused-ring (bicyclic) bond motifs is 2. The van der Waals surface area contributed by atoms with Gasteiger partial charge in [0.15, 0.2) is 11.6 Å². The molecule has 0 aliphatic heterocycles. The van der Waals surface area contributed by atoms with Crippen LogP contribution in [0.4, 0.5) is 0 Å². The Kier molecular flexibility index (Phi) is 8.28. The largest absolute Gasteiger partial charge is 0.491 e. The van der Waals surface area contributed by atoms with Gasteiger partial charge < -0.3 is 9.64 Å². The molecule has 26 heavy (non-hydrogen) atoms. The number of hydrogen-bond acceptors (Lipinski definition) is 4. The van der Waals surface area contributed by atoms with E-state index in [1.54, 1.807) is 42.5 Å². The van der Waals surface area contributed by atoms with Crippen molar-refractivity contribution in [3.8, 4) is 5.75 Å². The predicted molar refractivity (Wildman–Crippen MR) is 108 cm³/mol. The third-order valence-corrected chi connectivity index (χ3v) is 4.47. The summed E-state index contributed by atoms with van der Waals surface area (Å²) in [4.78, 5) is 27.8. The number of nitrogens with zero attached hydrogens (tertiary/aromatic N) is 1. The molecule has 0 unspecified atom stereocenters. The summed E-state index contributed by atoms with van der Waals surface area (Å²) < 4.78 is 5.86. The van der Waals surface area contributed by atoms with E-state index in [0.717, 1.165) is 19.6 Å². The Morgan fingerprint density at radius 3 is 2.00 bits per heavy atom. The van der Waals surface area contributed by atoms with Crippen molar-refractivity contribution in [2.75, 3.05) is 26.2 Å². The zero-order valence-electron chi connectivity index (χ0n) is 14.9. The number of halogens is 2. The fourth-order valence-electron chi connectivity index (χ4n) is 3.06. The van der Waals surface area contributed by atoms with Crippen LogP contribution in [0, 0.1) is 0 Å². The van der Waals surface area contributed by atoms with Crippen molar-refractivity contribution in [3.05, 3.63) is 64.7 Å². The number of ketones is 2. The Balaban J connectivity index is 0.00000169. The summed E-state index contributed by atoms with van der Waals surface area (Å²) in [5, 5.41) is 0. The smallest absolute Gasteiger partial charge is 0.198 e. The lowest BCUT2D eigenvalue weighted by atomic mass is 9.83. The molecule has 0 bridgehead atoms. The standard InChI is InChI=1S/C20H21NO3.2ClH/c1-3-21(4-2)12-13-24-17-11-7-10-16-18(17)20(23)15-9-6-5-8-14(15)19(16)22;;/h5-11H,3-4,12-13H2,1-2H3;2*1H. The Morgan fingerprint density at radius 1 is 0.808 bits per heavy atom. The van der Waals surface area contributed by atoms with Crippen LogP contribution in [-0.2, 0) is 0 Å². The molecule has 0 saturated carbocycles. The lowest BCUT2D eigenvalue weighted by molar-refractivity contribution is 0.0975. The fraction of sp³-hybridized carbons (Fsp3) is 0.300. The van der Waals surface area contributed by atoms with E-state index >= 15 is 0 Å². The highest BCUT2D eigenvalue weighted by molar-refractivity contribution is 6.29. The average Bonchev–Trinajstić information content (AvgIpc) is 2.63. The number of benzene rings is 2. The summed E-state index contributed by atoms with van der Waals surface area (Å²) in [7, 11) is 0. The topological polar surface area (TPSA) is 46.6 Å². The molecule has 3 rings (SSSR count). The number of likely N-dealkylation sites (N-methyl/N-ethyl adjacent to an activating group) is 1. The van der Waals surface area contributed by atoms with Crippen molar-refractivity contribution in [3.63, 3.8) is 0 Å². The van der Waals surface area contributed by atoms with Gasteiger partial charge in [-0.15, -0.1) is 24.8 Å². The van der Waals surface area contributed by atoms with Gasteiger partial charge in [-0.2, -0.15) is 0 Å². The number of carbonyl (C=O) groups is 2. The summed E-state index contributed by atoms with van der Waals surface area (Å²) in [5.74, 6) is 0.237. The molecule has 2 aromatic carbocycles. The van der Waals surface area contributed by atoms with Crippen LogP contribution >= 0.6 is 24.8 Å². The molecule has 0 spiro atoms. The van der Waals surface area contributed by atoms with Crippen LogP contribution in [0.15, 0.2) is 42.5 Å². The minimum atomic E-state index is -0.140. The second-order valence-corrected chi connectivity index (χ2v) is 5.76. The minimum Gasteiger partial charge on any atom is -0.491 e. The van der Waals surface area contributed by atoms with Crippen molar-refractivity contribution in [2.24, 2.45) is 0 Å². The van der Waals surface area contributed by atoms with Crippen LogP contribution in [-0.4, -0.2) is 42.7 Å². The molecule has 0 amide bonds. The van der Waals surface area contributed by atoms with Crippen molar-refractivity contribution in [2.45, 2.75) is 13.8 Å². The van der Waals surface area contributed by atoms with Gasteiger partial charge in [0, 0.05) is 23.2 Å². The van der Waals surface area contributed by atoms with Crippen LogP contribution < -0.4 is 4.74 Å². The van der Waals surface area contributed by atoms with Gasteiger partial charge in [0.2, 0.25) is 0 Å². The van der Waals surface area contributed by atoms with E-state index in [2.05, 4.69) is 18.7 Å².